The molecule has 0 aromatic heterocycles. The highest BCUT2D eigenvalue weighted by Crippen LogP contribution is 2.35. The first kappa shape index (κ1) is 24.9. The SMILES string of the molecule is NC(=O)C1(S(=O)(=O)c2ccc(NCCCCC(=O)c3cccc4ccccc34)cc2)CCOCC1. The fourth-order valence-electron chi connectivity index (χ4n) is 4.57. The van der Waals surface area contributed by atoms with Gasteiger partial charge in [0.05, 0.1) is 4.90 Å². The number of unbranched alkanes of at least 4 members (excludes halogenated alkanes) is 1. The number of Topliss-reactive ketones (excluding diaryl/α,β-unsaturated/α-hetero) is 1. The standard InChI is InChI=1S/C27H30N2O5S/c28-26(31)27(15-18-34-19-16-27)35(32,33)22-13-11-21(12-14-22)29-17-4-3-10-25(30)24-9-5-7-20-6-1-2-8-23(20)24/h1-2,5-9,11-14,29H,3-4,10,15-19H2,(H2,28,31). The zero-order valence-corrected chi connectivity index (χ0v) is 20.4. The predicted molar refractivity (Wildman–Crippen MR) is 136 cm³/mol. The molecule has 35 heavy (non-hydrogen) atoms. The van der Waals surface area contributed by atoms with Crippen LogP contribution < -0.4 is 11.1 Å². The van der Waals surface area contributed by atoms with Crippen LogP contribution in [0.2, 0.25) is 0 Å². The molecule has 0 radical (unpaired) electrons. The van der Waals surface area contributed by atoms with Crippen molar-refractivity contribution in [2.75, 3.05) is 25.1 Å². The summed E-state index contributed by atoms with van der Waals surface area (Å²) in [6.45, 7) is 1.02. The van der Waals surface area contributed by atoms with E-state index in [0.717, 1.165) is 34.9 Å². The van der Waals surface area contributed by atoms with Crippen molar-refractivity contribution in [2.45, 2.75) is 41.7 Å². The molecule has 184 valence electrons. The second-order valence-corrected chi connectivity index (χ2v) is 11.1. The van der Waals surface area contributed by atoms with Gasteiger partial charge in [0.15, 0.2) is 20.4 Å². The lowest BCUT2D eigenvalue weighted by Gasteiger charge is -2.33. The summed E-state index contributed by atoms with van der Waals surface area (Å²) in [6.07, 6.45) is 2.11. The molecule has 1 saturated heterocycles. The minimum atomic E-state index is -3.94. The van der Waals surface area contributed by atoms with Crippen LogP contribution in [-0.2, 0) is 19.4 Å². The van der Waals surface area contributed by atoms with Gasteiger partial charge >= 0.3 is 0 Å². The molecule has 0 unspecified atom stereocenters. The molecule has 1 amide bonds. The number of nitrogens with one attached hydrogen (secondary N) is 1. The highest BCUT2D eigenvalue weighted by molar-refractivity contribution is 7.93. The molecular weight excluding hydrogens is 464 g/mol. The van der Waals surface area contributed by atoms with Crippen LogP contribution in [0.15, 0.2) is 71.6 Å². The average Bonchev–Trinajstić information content (AvgIpc) is 2.88. The van der Waals surface area contributed by atoms with E-state index >= 15 is 0 Å². The molecule has 1 fully saturated rings. The highest BCUT2D eigenvalue weighted by atomic mass is 32.2. The predicted octanol–water partition coefficient (Wildman–Crippen LogP) is 4.11. The van der Waals surface area contributed by atoms with Crippen molar-refractivity contribution in [3.05, 3.63) is 72.3 Å². The van der Waals surface area contributed by atoms with Gasteiger partial charge in [-0.3, -0.25) is 9.59 Å². The molecule has 0 atom stereocenters. The summed E-state index contributed by atoms with van der Waals surface area (Å²) in [4.78, 5) is 24.9. The van der Waals surface area contributed by atoms with Crippen LogP contribution in [0, 0.1) is 0 Å². The number of carbonyl (C=O) groups excluding carboxylic acids is 2. The first-order chi connectivity index (χ1) is 16.8. The zero-order chi connectivity index (χ0) is 24.9. The van der Waals surface area contributed by atoms with Gasteiger partial charge in [-0.1, -0.05) is 42.5 Å². The number of ketones is 1. The van der Waals surface area contributed by atoms with Crippen LogP contribution in [0.25, 0.3) is 10.8 Å². The number of hydrogen-bond acceptors (Lipinski definition) is 6. The fraction of sp³-hybridized carbons (Fsp3) is 0.333. The van der Waals surface area contributed by atoms with Gasteiger partial charge in [0.1, 0.15) is 0 Å². The Hall–Kier alpha value is -3.23. The smallest absolute Gasteiger partial charge is 0.239 e. The first-order valence-corrected chi connectivity index (χ1v) is 13.3. The molecule has 0 spiro atoms. The van der Waals surface area contributed by atoms with Gasteiger partial charge in [-0.15, -0.1) is 0 Å². The molecule has 7 nitrogen and oxygen atoms in total. The Morgan fingerprint density at radius 1 is 0.914 bits per heavy atom. The number of primary amides is 1. The second-order valence-electron chi connectivity index (χ2n) is 8.83. The van der Waals surface area contributed by atoms with Crippen molar-refractivity contribution in [2.24, 2.45) is 5.73 Å². The van der Waals surface area contributed by atoms with Crippen molar-refractivity contribution in [3.8, 4) is 0 Å². The van der Waals surface area contributed by atoms with E-state index in [2.05, 4.69) is 5.32 Å². The summed E-state index contributed by atoms with van der Waals surface area (Å²) in [5.41, 5.74) is 7.05. The lowest BCUT2D eigenvalue weighted by molar-refractivity contribution is -0.122. The van der Waals surface area contributed by atoms with Gasteiger partial charge in [-0.25, -0.2) is 8.42 Å². The Bertz CT molecular complexity index is 1310. The van der Waals surface area contributed by atoms with Crippen LogP contribution in [0.1, 0.15) is 42.5 Å². The van der Waals surface area contributed by atoms with Gasteiger partial charge in [-0.2, -0.15) is 0 Å². The molecule has 0 saturated carbocycles. The summed E-state index contributed by atoms with van der Waals surface area (Å²) in [5.74, 6) is -0.700. The average molecular weight is 495 g/mol. The van der Waals surface area contributed by atoms with Crippen LogP contribution >= 0.6 is 0 Å². The molecule has 1 aliphatic rings. The maximum atomic E-state index is 13.2. The third-order valence-electron chi connectivity index (χ3n) is 6.68. The Morgan fingerprint density at radius 3 is 2.31 bits per heavy atom. The van der Waals surface area contributed by atoms with Crippen molar-refractivity contribution in [1.82, 2.24) is 0 Å². The number of anilines is 1. The Morgan fingerprint density at radius 2 is 1.60 bits per heavy atom. The van der Waals surface area contributed by atoms with Crippen LogP contribution in [0.5, 0.6) is 0 Å². The second kappa shape index (κ2) is 10.6. The molecule has 8 heteroatoms. The monoisotopic (exact) mass is 494 g/mol. The summed E-state index contributed by atoms with van der Waals surface area (Å²) in [6, 6.07) is 20.0. The molecule has 1 heterocycles. The molecule has 3 aromatic rings. The van der Waals surface area contributed by atoms with E-state index in [-0.39, 0.29) is 36.7 Å². The maximum Gasteiger partial charge on any atom is 0.239 e. The molecular formula is C27H30N2O5S. The highest BCUT2D eigenvalue weighted by Gasteiger charge is 2.51. The number of ether oxygens (including phenoxy) is 1. The summed E-state index contributed by atoms with van der Waals surface area (Å²) >= 11 is 0. The lowest BCUT2D eigenvalue weighted by Crippen LogP contribution is -2.53. The Labute approximate surface area is 205 Å². The molecule has 0 aliphatic carbocycles. The topological polar surface area (TPSA) is 116 Å². The van der Waals surface area contributed by atoms with E-state index in [9.17, 15) is 18.0 Å². The normalized spacial score (nSPS) is 15.5. The number of sulfone groups is 1. The van der Waals surface area contributed by atoms with Crippen LogP contribution in [-0.4, -0.2) is 44.6 Å². The van der Waals surface area contributed by atoms with Crippen molar-refractivity contribution < 1.29 is 22.7 Å². The summed E-state index contributed by atoms with van der Waals surface area (Å²) < 4.78 is 30.0. The number of benzene rings is 3. The number of rotatable bonds is 10. The molecule has 3 aromatic carbocycles. The molecule has 3 N–H and O–H groups in total. The fourth-order valence-corrected chi connectivity index (χ4v) is 6.49. The Balaban J connectivity index is 1.30. The van der Waals surface area contributed by atoms with Crippen molar-refractivity contribution in [3.63, 3.8) is 0 Å². The van der Waals surface area contributed by atoms with Gasteiger partial charge in [0.25, 0.3) is 0 Å². The minimum Gasteiger partial charge on any atom is -0.385 e. The first-order valence-electron chi connectivity index (χ1n) is 11.8. The minimum absolute atomic E-state index is 0.0577. The summed E-state index contributed by atoms with van der Waals surface area (Å²) in [5, 5.41) is 5.30. The zero-order valence-electron chi connectivity index (χ0n) is 19.5. The van der Waals surface area contributed by atoms with Crippen LogP contribution in [0.3, 0.4) is 0 Å². The largest absolute Gasteiger partial charge is 0.385 e. The van der Waals surface area contributed by atoms with Gasteiger partial charge in [-0.05, 0) is 60.7 Å². The number of hydrogen-bond donors (Lipinski definition) is 2. The van der Waals surface area contributed by atoms with Crippen LogP contribution in [0.4, 0.5) is 5.69 Å². The van der Waals surface area contributed by atoms with Gasteiger partial charge in [0, 0.05) is 37.4 Å². The van der Waals surface area contributed by atoms with E-state index in [0.29, 0.717) is 13.0 Å². The number of fused-ring (bicyclic) bond motifs is 1. The van der Waals surface area contributed by atoms with Crippen molar-refractivity contribution in [1.29, 1.82) is 0 Å². The third kappa shape index (κ3) is 5.09. The van der Waals surface area contributed by atoms with E-state index in [4.69, 9.17) is 10.5 Å². The molecule has 4 rings (SSSR count). The quantitative estimate of drug-likeness (QED) is 0.324. The third-order valence-corrected chi connectivity index (χ3v) is 9.21. The lowest BCUT2D eigenvalue weighted by atomic mass is 9.98. The molecule has 1 aliphatic heterocycles. The number of amides is 1. The van der Waals surface area contributed by atoms with E-state index in [1.807, 2.05) is 42.5 Å². The Kier molecular flexibility index (Phi) is 7.52. The van der Waals surface area contributed by atoms with Crippen molar-refractivity contribution >= 4 is 38.0 Å². The number of carbonyl (C=O) groups is 2. The van der Waals surface area contributed by atoms with E-state index in [1.54, 1.807) is 12.1 Å². The van der Waals surface area contributed by atoms with E-state index in [1.165, 1.54) is 12.1 Å². The maximum absolute atomic E-state index is 13.2. The molecule has 0 bridgehead atoms. The summed E-state index contributed by atoms with van der Waals surface area (Å²) in [7, 11) is -3.94. The van der Waals surface area contributed by atoms with Gasteiger partial charge in [0.2, 0.25) is 5.91 Å². The van der Waals surface area contributed by atoms with E-state index < -0.39 is 20.5 Å². The number of nitrogens with two attached hydrogens (primary N) is 1. The van der Waals surface area contributed by atoms with Gasteiger partial charge < -0.3 is 15.8 Å².